The number of nitrogens with zero attached hydrogens (tertiary/aromatic N) is 5. The largest absolute Gasteiger partial charge is 0.360 e. The molecule has 2 heterocycles. The summed E-state index contributed by atoms with van der Waals surface area (Å²) in [5, 5.41) is 17.9. The van der Waals surface area contributed by atoms with Crippen molar-refractivity contribution in [1.29, 1.82) is 0 Å². The fourth-order valence-corrected chi connectivity index (χ4v) is 2.29. The number of hydrogen-bond acceptors (Lipinski definition) is 6. The molecule has 3 rings (SSSR count). The van der Waals surface area contributed by atoms with Crippen LogP contribution in [-0.2, 0) is 11.2 Å². The Kier molecular flexibility index (Phi) is 4.13. The molecule has 23 heavy (non-hydrogen) atoms. The van der Waals surface area contributed by atoms with E-state index in [-0.39, 0.29) is 5.91 Å². The third-order valence-electron chi connectivity index (χ3n) is 3.41. The Bertz CT molecular complexity index is 795. The molecule has 1 atom stereocenters. The number of aromatic nitrogens is 5. The summed E-state index contributed by atoms with van der Waals surface area (Å²) in [6.45, 7) is 3.51. The lowest BCUT2D eigenvalue weighted by atomic mass is 10.1. The zero-order valence-corrected chi connectivity index (χ0v) is 12.8. The maximum Gasteiger partial charge on any atom is 0.250 e. The van der Waals surface area contributed by atoms with Crippen molar-refractivity contribution in [3.05, 3.63) is 53.5 Å². The highest BCUT2D eigenvalue weighted by molar-refractivity contribution is 5.93. The van der Waals surface area contributed by atoms with Crippen molar-refractivity contribution in [2.45, 2.75) is 26.3 Å². The fraction of sp³-hybridized carbons (Fsp3) is 0.267. The Morgan fingerprint density at radius 1 is 1.30 bits per heavy atom. The van der Waals surface area contributed by atoms with Gasteiger partial charge in [-0.2, -0.15) is 0 Å². The van der Waals surface area contributed by atoms with E-state index in [9.17, 15) is 4.79 Å². The number of nitrogens with one attached hydrogen (secondary N) is 1. The fourth-order valence-electron chi connectivity index (χ4n) is 2.29. The van der Waals surface area contributed by atoms with Gasteiger partial charge in [0.1, 0.15) is 17.6 Å². The predicted molar refractivity (Wildman–Crippen MR) is 81.6 cm³/mol. The number of amides is 1. The summed E-state index contributed by atoms with van der Waals surface area (Å²) in [5.74, 6) is 1.31. The highest BCUT2D eigenvalue weighted by Gasteiger charge is 2.25. The van der Waals surface area contributed by atoms with Crippen molar-refractivity contribution in [2.24, 2.45) is 0 Å². The lowest BCUT2D eigenvalue weighted by molar-refractivity contribution is -0.119. The Labute approximate surface area is 132 Å². The van der Waals surface area contributed by atoms with Gasteiger partial charge in [-0.15, -0.1) is 5.10 Å². The number of carbonyl (C=O) groups is 1. The molecule has 0 saturated carbocycles. The molecule has 0 fully saturated rings. The van der Waals surface area contributed by atoms with Crippen LogP contribution in [0.2, 0.25) is 0 Å². The molecule has 0 spiro atoms. The van der Waals surface area contributed by atoms with Gasteiger partial charge in [0.2, 0.25) is 0 Å². The lowest BCUT2D eigenvalue weighted by Crippen LogP contribution is -2.29. The molecule has 8 nitrogen and oxygen atoms in total. The van der Waals surface area contributed by atoms with Crippen LogP contribution < -0.4 is 5.32 Å². The molecule has 0 aliphatic carbocycles. The minimum Gasteiger partial charge on any atom is -0.360 e. The van der Waals surface area contributed by atoms with Crippen LogP contribution in [0.15, 0.2) is 40.9 Å². The van der Waals surface area contributed by atoms with Crippen molar-refractivity contribution in [3.8, 4) is 0 Å². The first-order valence-corrected chi connectivity index (χ1v) is 7.16. The van der Waals surface area contributed by atoms with Crippen LogP contribution in [0.3, 0.4) is 0 Å². The highest BCUT2D eigenvalue weighted by Crippen LogP contribution is 2.17. The average molecular weight is 312 g/mol. The average Bonchev–Trinajstić information content (AvgIpc) is 3.14. The van der Waals surface area contributed by atoms with Crippen LogP contribution in [0.25, 0.3) is 0 Å². The lowest BCUT2D eigenvalue weighted by Gasteiger charge is -2.16. The van der Waals surface area contributed by atoms with E-state index < -0.39 is 6.04 Å². The van der Waals surface area contributed by atoms with Crippen LogP contribution in [0, 0.1) is 13.8 Å². The van der Waals surface area contributed by atoms with Gasteiger partial charge in [0.25, 0.3) is 5.91 Å². The maximum absolute atomic E-state index is 12.7. The van der Waals surface area contributed by atoms with Crippen LogP contribution in [-0.4, -0.2) is 31.3 Å². The molecule has 0 aliphatic rings. The van der Waals surface area contributed by atoms with Gasteiger partial charge in [0, 0.05) is 12.5 Å². The third kappa shape index (κ3) is 3.42. The Morgan fingerprint density at radius 3 is 2.70 bits per heavy atom. The maximum atomic E-state index is 12.7. The second-order valence-corrected chi connectivity index (χ2v) is 5.19. The molecule has 2 aromatic heterocycles. The standard InChI is InChI=1S/C15H16N6O2/c1-10-8-14(18-23-10)16-15(22)13(21-11(2)17-19-20-21)9-12-6-4-3-5-7-12/h3-8,13H,9H2,1-2H3,(H,16,18,22)/t13-/m1/s1. The van der Waals surface area contributed by atoms with Gasteiger partial charge in [0.05, 0.1) is 0 Å². The number of aryl methyl sites for hydroxylation is 2. The van der Waals surface area contributed by atoms with Crippen LogP contribution in [0.4, 0.5) is 5.82 Å². The molecule has 1 aromatic carbocycles. The summed E-state index contributed by atoms with van der Waals surface area (Å²) in [6.07, 6.45) is 0.468. The Morgan fingerprint density at radius 2 is 2.09 bits per heavy atom. The van der Waals surface area contributed by atoms with Gasteiger partial charge in [-0.1, -0.05) is 35.5 Å². The molecule has 1 N–H and O–H groups in total. The van der Waals surface area contributed by atoms with Crippen molar-refractivity contribution >= 4 is 11.7 Å². The molecular formula is C15H16N6O2. The first kappa shape index (κ1) is 14.9. The zero-order valence-electron chi connectivity index (χ0n) is 12.8. The van der Waals surface area contributed by atoms with Gasteiger partial charge < -0.3 is 9.84 Å². The van der Waals surface area contributed by atoms with Crippen molar-refractivity contribution < 1.29 is 9.32 Å². The molecule has 0 radical (unpaired) electrons. The van der Waals surface area contributed by atoms with E-state index in [0.29, 0.717) is 23.8 Å². The van der Waals surface area contributed by atoms with Crippen LogP contribution >= 0.6 is 0 Å². The quantitative estimate of drug-likeness (QED) is 0.770. The smallest absolute Gasteiger partial charge is 0.250 e. The molecule has 8 heteroatoms. The van der Waals surface area contributed by atoms with E-state index in [4.69, 9.17) is 4.52 Å². The van der Waals surface area contributed by atoms with E-state index in [2.05, 4.69) is 26.0 Å². The molecular weight excluding hydrogens is 296 g/mol. The molecule has 0 bridgehead atoms. The first-order valence-electron chi connectivity index (χ1n) is 7.16. The number of carbonyl (C=O) groups excluding carboxylic acids is 1. The molecule has 0 unspecified atom stereocenters. The van der Waals surface area contributed by atoms with Crippen LogP contribution in [0.1, 0.15) is 23.2 Å². The second kappa shape index (κ2) is 6.39. The number of benzene rings is 1. The minimum absolute atomic E-state index is 0.252. The van der Waals surface area contributed by atoms with Crippen molar-refractivity contribution in [2.75, 3.05) is 5.32 Å². The SMILES string of the molecule is Cc1cc(NC(=O)[C@@H](Cc2ccccc2)n2nnnc2C)no1. The monoisotopic (exact) mass is 312 g/mol. The van der Waals surface area contributed by atoms with Gasteiger partial charge in [-0.3, -0.25) is 4.79 Å². The number of hydrogen-bond donors (Lipinski definition) is 1. The molecule has 3 aromatic rings. The van der Waals surface area contributed by atoms with Gasteiger partial charge in [-0.05, 0) is 29.8 Å². The zero-order chi connectivity index (χ0) is 16.2. The van der Waals surface area contributed by atoms with E-state index in [1.807, 2.05) is 30.3 Å². The number of anilines is 1. The predicted octanol–water partition coefficient (Wildman–Crippen LogP) is 1.70. The molecule has 118 valence electrons. The van der Waals surface area contributed by atoms with E-state index >= 15 is 0 Å². The second-order valence-electron chi connectivity index (χ2n) is 5.19. The molecule has 1 amide bonds. The summed E-state index contributed by atoms with van der Waals surface area (Å²) in [7, 11) is 0. The highest BCUT2D eigenvalue weighted by atomic mass is 16.5. The van der Waals surface area contributed by atoms with Gasteiger partial charge >= 0.3 is 0 Å². The Hall–Kier alpha value is -3.03. The summed E-state index contributed by atoms with van der Waals surface area (Å²) in [5.41, 5.74) is 1.01. The normalized spacial score (nSPS) is 12.1. The molecule has 0 saturated heterocycles. The topological polar surface area (TPSA) is 98.7 Å². The Balaban J connectivity index is 1.85. The van der Waals surface area contributed by atoms with Gasteiger partial charge in [0.15, 0.2) is 5.82 Å². The third-order valence-corrected chi connectivity index (χ3v) is 3.41. The number of tetrazole rings is 1. The summed E-state index contributed by atoms with van der Waals surface area (Å²) in [4.78, 5) is 12.7. The van der Waals surface area contributed by atoms with Crippen molar-refractivity contribution in [3.63, 3.8) is 0 Å². The van der Waals surface area contributed by atoms with Crippen molar-refractivity contribution in [1.82, 2.24) is 25.4 Å². The first-order chi connectivity index (χ1) is 11.1. The number of rotatable bonds is 5. The summed E-state index contributed by atoms with van der Waals surface area (Å²) < 4.78 is 6.48. The minimum atomic E-state index is -0.579. The summed E-state index contributed by atoms with van der Waals surface area (Å²) in [6, 6.07) is 10.8. The van der Waals surface area contributed by atoms with E-state index in [1.165, 1.54) is 4.68 Å². The summed E-state index contributed by atoms with van der Waals surface area (Å²) >= 11 is 0. The van der Waals surface area contributed by atoms with Gasteiger partial charge in [-0.25, -0.2) is 4.68 Å². The van der Waals surface area contributed by atoms with E-state index in [0.717, 1.165) is 5.56 Å². The van der Waals surface area contributed by atoms with Crippen LogP contribution in [0.5, 0.6) is 0 Å². The van der Waals surface area contributed by atoms with E-state index in [1.54, 1.807) is 19.9 Å². The molecule has 0 aliphatic heterocycles.